The molecule has 1 aromatic rings. The molecule has 3 nitrogen and oxygen atoms in total. The van der Waals surface area contributed by atoms with Crippen LogP contribution in [0.2, 0.25) is 0 Å². The average Bonchev–Trinajstić information content (AvgIpc) is 2.78. The van der Waals surface area contributed by atoms with E-state index >= 15 is 0 Å². The molecule has 1 aromatic heterocycles. The Labute approximate surface area is 101 Å². The maximum absolute atomic E-state index is 11.8. The summed E-state index contributed by atoms with van der Waals surface area (Å²) in [5, 5.41) is 5.19. The van der Waals surface area contributed by atoms with E-state index in [0.29, 0.717) is 6.54 Å². The molecule has 0 saturated carbocycles. The minimum Gasteiger partial charge on any atom is -0.337 e. The third-order valence-corrected chi connectivity index (χ3v) is 3.23. The number of likely N-dealkylation sites (N-methyl/N-ethyl adjacent to an activating group) is 1. The summed E-state index contributed by atoms with van der Waals surface area (Å²) in [5.74, 6) is 0.185. The van der Waals surface area contributed by atoms with Gasteiger partial charge in [-0.25, -0.2) is 0 Å². The second-order valence-corrected chi connectivity index (χ2v) is 4.70. The van der Waals surface area contributed by atoms with Crippen molar-refractivity contribution < 1.29 is 4.79 Å². The molecular weight excluding hydrogens is 220 g/mol. The van der Waals surface area contributed by atoms with Crippen LogP contribution in [0.3, 0.4) is 0 Å². The van der Waals surface area contributed by atoms with E-state index in [9.17, 15) is 4.79 Å². The zero-order valence-corrected chi connectivity index (χ0v) is 10.8. The van der Waals surface area contributed by atoms with E-state index in [0.717, 1.165) is 26.1 Å². The van der Waals surface area contributed by atoms with Crippen LogP contribution < -0.4 is 5.32 Å². The van der Waals surface area contributed by atoms with Gasteiger partial charge in [-0.05, 0) is 31.3 Å². The van der Waals surface area contributed by atoms with E-state index in [4.69, 9.17) is 0 Å². The molecule has 1 N–H and O–H groups in total. The third-order valence-electron chi connectivity index (χ3n) is 2.36. The first kappa shape index (κ1) is 13.2. The number of thiophene rings is 1. The predicted molar refractivity (Wildman–Crippen MR) is 68.6 cm³/mol. The van der Waals surface area contributed by atoms with Crippen molar-refractivity contribution in [1.82, 2.24) is 10.2 Å². The lowest BCUT2D eigenvalue weighted by Crippen LogP contribution is -2.37. The maximum Gasteiger partial charge on any atom is 0.236 e. The van der Waals surface area contributed by atoms with E-state index < -0.39 is 0 Å². The highest BCUT2D eigenvalue weighted by molar-refractivity contribution is 7.09. The summed E-state index contributed by atoms with van der Waals surface area (Å²) in [6.45, 7) is 6.98. The van der Waals surface area contributed by atoms with Crippen LogP contribution in [0.25, 0.3) is 0 Å². The number of hydrogen-bond acceptors (Lipinski definition) is 3. The van der Waals surface area contributed by atoms with Crippen molar-refractivity contribution in [2.24, 2.45) is 0 Å². The van der Waals surface area contributed by atoms with E-state index in [1.54, 1.807) is 11.3 Å². The van der Waals surface area contributed by atoms with Gasteiger partial charge in [0.1, 0.15) is 0 Å². The molecule has 0 fully saturated rings. The van der Waals surface area contributed by atoms with Gasteiger partial charge in [0, 0.05) is 11.4 Å². The lowest BCUT2D eigenvalue weighted by atomic mass is 10.3. The van der Waals surface area contributed by atoms with E-state index in [1.165, 1.54) is 4.88 Å². The number of rotatable bonds is 7. The Morgan fingerprint density at radius 1 is 1.50 bits per heavy atom. The van der Waals surface area contributed by atoms with E-state index in [2.05, 4.69) is 18.3 Å². The van der Waals surface area contributed by atoms with E-state index in [1.807, 2.05) is 23.3 Å². The Morgan fingerprint density at radius 3 is 2.88 bits per heavy atom. The van der Waals surface area contributed by atoms with Gasteiger partial charge < -0.3 is 10.2 Å². The molecule has 1 amide bonds. The first-order chi connectivity index (χ1) is 7.77. The van der Waals surface area contributed by atoms with E-state index in [-0.39, 0.29) is 5.91 Å². The predicted octanol–water partition coefficient (Wildman–Crippen LogP) is 2.10. The van der Waals surface area contributed by atoms with Gasteiger partial charge in [0.25, 0.3) is 0 Å². The maximum atomic E-state index is 11.8. The first-order valence-corrected chi connectivity index (χ1v) is 6.66. The number of nitrogens with one attached hydrogen (secondary N) is 1. The molecule has 0 aliphatic rings. The van der Waals surface area contributed by atoms with Crippen molar-refractivity contribution >= 4 is 17.2 Å². The first-order valence-electron chi connectivity index (χ1n) is 5.78. The van der Waals surface area contributed by atoms with Gasteiger partial charge in [0.05, 0.1) is 13.1 Å². The topological polar surface area (TPSA) is 32.3 Å². The highest BCUT2D eigenvalue weighted by atomic mass is 32.1. The molecule has 16 heavy (non-hydrogen) atoms. The van der Waals surface area contributed by atoms with Crippen molar-refractivity contribution in [3.05, 3.63) is 22.4 Å². The van der Waals surface area contributed by atoms with Gasteiger partial charge in [0.15, 0.2) is 0 Å². The van der Waals surface area contributed by atoms with Crippen LogP contribution in [0, 0.1) is 0 Å². The summed E-state index contributed by atoms with van der Waals surface area (Å²) in [6, 6.07) is 4.09. The van der Waals surface area contributed by atoms with Crippen LogP contribution in [-0.4, -0.2) is 30.4 Å². The van der Waals surface area contributed by atoms with Gasteiger partial charge in [0.2, 0.25) is 5.91 Å². The van der Waals surface area contributed by atoms with Gasteiger partial charge in [-0.3, -0.25) is 4.79 Å². The molecule has 0 aliphatic carbocycles. The second-order valence-electron chi connectivity index (χ2n) is 3.66. The number of nitrogens with zero attached hydrogens (tertiary/aromatic N) is 1. The zero-order chi connectivity index (χ0) is 11.8. The third kappa shape index (κ3) is 4.33. The summed E-state index contributed by atoms with van der Waals surface area (Å²) in [6.07, 6.45) is 1.06. The minimum absolute atomic E-state index is 0.185. The second kappa shape index (κ2) is 7.41. The molecule has 0 aromatic carbocycles. The highest BCUT2D eigenvalue weighted by Crippen LogP contribution is 2.11. The van der Waals surface area contributed by atoms with Crippen LogP contribution >= 0.6 is 11.3 Å². The van der Waals surface area contributed by atoms with Crippen molar-refractivity contribution in [2.45, 2.75) is 26.8 Å². The highest BCUT2D eigenvalue weighted by Gasteiger charge is 2.11. The Bertz CT molecular complexity index is 298. The summed E-state index contributed by atoms with van der Waals surface area (Å²) < 4.78 is 0. The van der Waals surface area contributed by atoms with Crippen molar-refractivity contribution in [1.29, 1.82) is 0 Å². The quantitative estimate of drug-likeness (QED) is 0.740. The number of carbonyl (C=O) groups excluding carboxylic acids is 1. The van der Waals surface area contributed by atoms with Gasteiger partial charge in [-0.2, -0.15) is 0 Å². The Hall–Kier alpha value is -0.870. The fourth-order valence-electron chi connectivity index (χ4n) is 1.45. The number of hydrogen-bond donors (Lipinski definition) is 1. The molecular formula is C12H20N2OS. The SMILES string of the molecule is CCCNCC(=O)N(CC)Cc1cccs1. The smallest absolute Gasteiger partial charge is 0.236 e. The largest absolute Gasteiger partial charge is 0.337 e. The number of amides is 1. The van der Waals surface area contributed by atoms with Crippen molar-refractivity contribution in [3.63, 3.8) is 0 Å². The Balaban J connectivity index is 2.38. The molecule has 0 spiro atoms. The molecule has 1 rings (SSSR count). The molecule has 0 aliphatic heterocycles. The number of carbonyl (C=O) groups is 1. The zero-order valence-electron chi connectivity index (χ0n) is 10.0. The van der Waals surface area contributed by atoms with Crippen LogP contribution in [-0.2, 0) is 11.3 Å². The molecule has 0 radical (unpaired) electrons. The van der Waals surface area contributed by atoms with Crippen LogP contribution in [0.15, 0.2) is 17.5 Å². The molecule has 0 bridgehead atoms. The van der Waals surface area contributed by atoms with Crippen molar-refractivity contribution in [2.75, 3.05) is 19.6 Å². The van der Waals surface area contributed by atoms with Gasteiger partial charge in [-0.15, -0.1) is 11.3 Å². The Morgan fingerprint density at radius 2 is 2.31 bits per heavy atom. The molecule has 90 valence electrons. The van der Waals surface area contributed by atoms with Crippen LogP contribution in [0.1, 0.15) is 25.1 Å². The molecule has 1 heterocycles. The summed E-state index contributed by atoms with van der Waals surface area (Å²) >= 11 is 1.70. The van der Waals surface area contributed by atoms with Crippen molar-refractivity contribution in [3.8, 4) is 0 Å². The van der Waals surface area contributed by atoms with Crippen LogP contribution in [0.5, 0.6) is 0 Å². The minimum atomic E-state index is 0.185. The monoisotopic (exact) mass is 240 g/mol. The van der Waals surface area contributed by atoms with Gasteiger partial charge in [-0.1, -0.05) is 13.0 Å². The molecule has 0 saturated heterocycles. The molecule has 0 atom stereocenters. The summed E-state index contributed by atoms with van der Waals surface area (Å²) in [7, 11) is 0. The molecule has 0 unspecified atom stereocenters. The fourth-order valence-corrected chi connectivity index (χ4v) is 2.17. The van der Waals surface area contributed by atoms with Crippen LogP contribution in [0.4, 0.5) is 0 Å². The lowest BCUT2D eigenvalue weighted by Gasteiger charge is -2.20. The standard InChI is InChI=1S/C12H20N2OS/c1-3-7-13-9-12(15)14(4-2)10-11-6-5-8-16-11/h5-6,8,13H,3-4,7,9-10H2,1-2H3. The summed E-state index contributed by atoms with van der Waals surface area (Å²) in [4.78, 5) is 15.0. The average molecular weight is 240 g/mol. The molecule has 4 heteroatoms. The normalized spacial score (nSPS) is 10.4. The Kier molecular flexibility index (Phi) is 6.11. The van der Waals surface area contributed by atoms with Gasteiger partial charge >= 0.3 is 0 Å². The fraction of sp³-hybridized carbons (Fsp3) is 0.583. The summed E-state index contributed by atoms with van der Waals surface area (Å²) in [5.41, 5.74) is 0. The lowest BCUT2D eigenvalue weighted by molar-refractivity contribution is -0.130.